The molecule has 1 amide bonds. The second kappa shape index (κ2) is 7.77. The van der Waals surface area contributed by atoms with E-state index in [1.54, 1.807) is 36.1 Å². The smallest absolute Gasteiger partial charge is 0.258 e. The SMILES string of the molecule is Cn1ccnc1[C@@H](NC(=O)COc1ccc(F)cc1)c1cccc(F)c1. The van der Waals surface area contributed by atoms with Crippen molar-refractivity contribution in [1.29, 1.82) is 0 Å². The number of nitrogens with one attached hydrogen (secondary N) is 1. The van der Waals surface area contributed by atoms with Crippen molar-refractivity contribution in [1.82, 2.24) is 14.9 Å². The molecular weight excluding hydrogens is 340 g/mol. The lowest BCUT2D eigenvalue weighted by Crippen LogP contribution is -2.34. The maximum absolute atomic E-state index is 13.6. The molecule has 0 aliphatic heterocycles. The number of ether oxygens (including phenoxy) is 1. The molecule has 1 aromatic heterocycles. The zero-order valence-electron chi connectivity index (χ0n) is 14.0. The van der Waals surface area contributed by atoms with Crippen LogP contribution in [0.15, 0.2) is 60.9 Å². The van der Waals surface area contributed by atoms with Crippen molar-refractivity contribution in [2.24, 2.45) is 7.05 Å². The minimum atomic E-state index is -0.630. The van der Waals surface area contributed by atoms with E-state index in [2.05, 4.69) is 10.3 Å². The van der Waals surface area contributed by atoms with Crippen LogP contribution in [0, 0.1) is 11.6 Å². The third-order valence-corrected chi connectivity index (χ3v) is 3.79. The van der Waals surface area contributed by atoms with Gasteiger partial charge in [0.15, 0.2) is 6.61 Å². The van der Waals surface area contributed by atoms with Crippen LogP contribution in [0.5, 0.6) is 5.75 Å². The molecule has 0 fully saturated rings. The third-order valence-electron chi connectivity index (χ3n) is 3.79. The summed E-state index contributed by atoms with van der Waals surface area (Å²) in [5.74, 6) is -0.264. The number of hydrogen-bond acceptors (Lipinski definition) is 3. The summed E-state index contributed by atoms with van der Waals surface area (Å²) in [4.78, 5) is 16.6. The Labute approximate surface area is 149 Å². The Morgan fingerprint density at radius 2 is 1.96 bits per heavy atom. The lowest BCUT2D eigenvalue weighted by atomic mass is 10.1. The van der Waals surface area contributed by atoms with Gasteiger partial charge in [0.1, 0.15) is 29.3 Å². The summed E-state index contributed by atoms with van der Waals surface area (Å²) < 4.78 is 33.6. The maximum atomic E-state index is 13.6. The molecule has 3 rings (SSSR count). The first-order valence-corrected chi connectivity index (χ1v) is 7.93. The molecule has 1 atom stereocenters. The van der Waals surface area contributed by atoms with Crippen molar-refractivity contribution in [3.63, 3.8) is 0 Å². The highest BCUT2D eigenvalue weighted by Gasteiger charge is 2.21. The molecule has 7 heteroatoms. The van der Waals surface area contributed by atoms with Gasteiger partial charge in [-0.15, -0.1) is 0 Å². The van der Waals surface area contributed by atoms with Crippen molar-refractivity contribution in [2.75, 3.05) is 6.61 Å². The molecule has 0 aliphatic rings. The molecule has 0 aliphatic carbocycles. The van der Waals surface area contributed by atoms with E-state index in [4.69, 9.17) is 4.74 Å². The topological polar surface area (TPSA) is 56.2 Å². The molecule has 1 N–H and O–H groups in total. The lowest BCUT2D eigenvalue weighted by Gasteiger charge is -2.19. The monoisotopic (exact) mass is 357 g/mol. The highest BCUT2D eigenvalue weighted by molar-refractivity contribution is 5.78. The van der Waals surface area contributed by atoms with Crippen molar-refractivity contribution >= 4 is 5.91 Å². The first-order chi connectivity index (χ1) is 12.5. The van der Waals surface area contributed by atoms with Gasteiger partial charge in [-0.2, -0.15) is 0 Å². The molecule has 0 unspecified atom stereocenters. The minimum absolute atomic E-state index is 0.262. The maximum Gasteiger partial charge on any atom is 0.258 e. The highest BCUT2D eigenvalue weighted by Crippen LogP contribution is 2.21. The Morgan fingerprint density at radius 1 is 1.19 bits per heavy atom. The van der Waals surface area contributed by atoms with E-state index in [9.17, 15) is 13.6 Å². The summed E-state index contributed by atoms with van der Waals surface area (Å²) in [6.07, 6.45) is 3.34. The Kier molecular flexibility index (Phi) is 5.26. The van der Waals surface area contributed by atoms with Crippen LogP contribution >= 0.6 is 0 Å². The van der Waals surface area contributed by atoms with E-state index in [1.165, 1.54) is 36.4 Å². The van der Waals surface area contributed by atoms with Gasteiger partial charge < -0.3 is 14.6 Å². The van der Waals surface area contributed by atoms with Crippen molar-refractivity contribution in [3.05, 3.63) is 83.9 Å². The summed E-state index contributed by atoms with van der Waals surface area (Å²) in [6.45, 7) is -0.262. The highest BCUT2D eigenvalue weighted by atomic mass is 19.1. The summed E-state index contributed by atoms with van der Waals surface area (Å²) >= 11 is 0. The summed E-state index contributed by atoms with van der Waals surface area (Å²) in [5.41, 5.74) is 0.564. The summed E-state index contributed by atoms with van der Waals surface area (Å²) in [7, 11) is 1.79. The normalized spacial score (nSPS) is 11.8. The Balaban J connectivity index is 1.74. The van der Waals surface area contributed by atoms with Crippen LogP contribution in [0.4, 0.5) is 8.78 Å². The van der Waals surface area contributed by atoms with Crippen molar-refractivity contribution in [2.45, 2.75) is 6.04 Å². The van der Waals surface area contributed by atoms with E-state index < -0.39 is 17.8 Å². The molecule has 2 aromatic carbocycles. The zero-order valence-corrected chi connectivity index (χ0v) is 14.0. The second-order valence-corrected chi connectivity index (χ2v) is 5.69. The number of nitrogens with zero attached hydrogens (tertiary/aromatic N) is 2. The molecule has 0 radical (unpaired) electrons. The van der Waals surface area contributed by atoms with E-state index in [0.717, 1.165) is 0 Å². The predicted molar refractivity (Wildman–Crippen MR) is 91.5 cm³/mol. The number of rotatable bonds is 6. The van der Waals surface area contributed by atoms with E-state index in [-0.39, 0.29) is 12.4 Å². The average Bonchev–Trinajstić information content (AvgIpc) is 3.05. The van der Waals surface area contributed by atoms with Gasteiger partial charge in [-0.1, -0.05) is 12.1 Å². The number of imidazole rings is 1. The van der Waals surface area contributed by atoms with Gasteiger partial charge in [0.2, 0.25) is 0 Å². The molecule has 0 saturated carbocycles. The fraction of sp³-hybridized carbons (Fsp3) is 0.158. The number of aryl methyl sites for hydroxylation is 1. The molecule has 3 aromatic rings. The quantitative estimate of drug-likeness (QED) is 0.738. The van der Waals surface area contributed by atoms with Crippen LogP contribution in [0.3, 0.4) is 0 Å². The number of amides is 1. The van der Waals surface area contributed by atoms with Gasteiger partial charge in [0.05, 0.1) is 0 Å². The number of carbonyl (C=O) groups excluding carboxylic acids is 1. The predicted octanol–water partition coefficient (Wildman–Crippen LogP) is 2.98. The average molecular weight is 357 g/mol. The van der Waals surface area contributed by atoms with Crippen LogP contribution in [0.1, 0.15) is 17.4 Å². The molecule has 26 heavy (non-hydrogen) atoms. The Morgan fingerprint density at radius 3 is 2.62 bits per heavy atom. The molecule has 5 nitrogen and oxygen atoms in total. The molecule has 0 saturated heterocycles. The molecule has 1 heterocycles. The standard InChI is InChI=1S/C19H17F2N3O2/c1-24-10-9-22-19(24)18(13-3-2-4-15(21)11-13)23-17(25)12-26-16-7-5-14(20)6-8-16/h2-11,18H,12H2,1H3,(H,23,25)/t18-/m0/s1. The van der Waals surface area contributed by atoms with E-state index in [1.807, 2.05) is 0 Å². The number of halogens is 2. The van der Waals surface area contributed by atoms with Gasteiger partial charge >= 0.3 is 0 Å². The summed E-state index contributed by atoms with van der Waals surface area (Å²) in [5, 5.41) is 2.80. The number of hydrogen-bond donors (Lipinski definition) is 1. The second-order valence-electron chi connectivity index (χ2n) is 5.69. The lowest BCUT2D eigenvalue weighted by molar-refractivity contribution is -0.123. The Hall–Kier alpha value is -3.22. The first kappa shape index (κ1) is 17.6. The van der Waals surface area contributed by atoms with Crippen LogP contribution in [0.25, 0.3) is 0 Å². The fourth-order valence-corrected chi connectivity index (χ4v) is 2.52. The minimum Gasteiger partial charge on any atom is -0.484 e. The zero-order chi connectivity index (χ0) is 18.5. The van der Waals surface area contributed by atoms with Crippen LogP contribution in [0.2, 0.25) is 0 Å². The van der Waals surface area contributed by atoms with Gasteiger partial charge in [0, 0.05) is 19.4 Å². The van der Waals surface area contributed by atoms with Crippen LogP contribution in [-0.4, -0.2) is 22.1 Å². The van der Waals surface area contributed by atoms with E-state index in [0.29, 0.717) is 17.1 Å². The van der Waals surface area contributed by atoms with Gasteiger partial charge in [-0.25, -0.2) is 13.8 Å². The largest absolute Gasteiger partial charge is 0.484 e. The van der Waals surface area contributed by atoms with Crippen molar-refractivity contribution in [3.8, 4) is 5.75 Å². The number of aromatic nitrogens is 2. The first-order valence-electron chi connectivity index (χ1n) is 7.93. The number of carbonyl (C=O) groups is 1. The van der Waals surface area contributed by atoms with Gasteiger partial charge in [0.25, 0.3) is 5.91 Å². The number of benzene rings is 2. The molecule has 0 bridgehead atoms. The van der Waals surface area contributed by atoms with Crippen molar-refractivity contribution < 1.29 is 18.3 Å². The molecular formula is C19H17F2N3O2. The Bertz CT molecular complexity index is 894. The van der Waals surface area contributed by atoms with Crippen LogP contribution < -0.4 is 10.1 Å². The third kappa shape index (κ3) is 4.24. The molecule has 0 spiro atoms. The van der Waals surface area contributed by atoms with Gasteiger partial charge in [-0.05, 0) is 42.0 Å². The summed E-state index contributed by atoms with van der Waals surface area (Å²) in [6, 6.07) is 10.7. The molecule has 134 valence electrons. The van der Waals surface area contributed by atoms with E-state index >= 15 is 0 Å². The van der Waals surface area contributed by atoms with Crippen LogP contribution in [-0.2, 0) is 11.8 Å². The fourth-order valence-electron chi connectivity index (χ4n) is 2.52. The van der Waals surface area contributed by atoms with Gasteiger partial charge in [-0.3, -0.25) is 4.79 Å².